The smallest absolute Gasteiger partial charge is 0.341 e. The predicted molar refractivity (Wildman–Crippen MR) is 123 cm³/mol. The van der Waals surface area contributed by atoms with E-state index in [0.717, 1.165) is 11.1 Å². The Hall–Kier alpha value is -2.13. The van der Waals surface area contributed by atoms with Crippen molar-refractivity contribution in [3.05, 3.63) is 59.7 Å². The van der Waals surface area contributed by atoms with Crippen LogP contribution in [-0.2, 0) is 9.59 Å². The summed E-state index contributed by atoms with van der Waals surface area (Å²) in [6.07, 6.45) is 1.49. The van der Waals surface area contributed by atoms with E-state index in [4.69, 9.17) is 9.84 Å². The number of hydrogen-bond donors (Lipinski definition) is 2. The van der Waals surface area contributed by atoms with Gasteiger partial charge in [-0.2, -0.15) is 5.26 Å². The molecule has 0 aliphatic rings. The van der Waals surface area contributed by atoms with Gasteiger partial charge in [0.25, 0.3) is 5.91 Å². The molecule has 1 amide bonds. The number of aryl methyl sites for hydroxylation is 2. The molecule has 2 aromatic carbocycles. The zero-order valence-corrected chi connectivity index (χ0v) is 19.4. The van der Waals surface area contributed by atoms with Crippen molar-refractivity contribution in [3.8, 4) is 11.8 Å². The van der Waals surface area contributed by atoms with Gasteiger partial charge in [-0.1, -0.05) is 6.07 Å². The number of nitriles is 1. The Morgan fingerprint density at radius 1 is 1.18 bits per heavy atom. The van der Waals surface area contributed by atoms with Crippen LogP contribution in [0.15, 0.2) is 35.9 Å². The molecule has 0 spiro atoms. The summed E-state index contributed by atoms with van der Waals surface area (Å²) >= 11 is 4.05. The van der Waals surface area contributed by atoms with Crippen LogP contribution in [0.1, 0.15) is 16.7 Å². The Kier molecular flexibility index (Phi) is 7.82. The molecule has 0 heterocycles. The lowest BCUT2D eigenvalue weighted by Gasteiger charge is -2.10. The van der Waals surface area contributed by atoms with Crippen molar-refractivity contribution in [2.45, 2.75) is 13.8 Å². The Labute approximate surface area is 189 Å². The molecule has 0 saturated carbocycles. The maximum atomic E-state index is 12.5. The van der Waals surface area contributed by atoms with Crippen molar-refractivity contribution in [2.24, 2.45) is 0 Å². The second kappa shape index (κ2) is 9.88. The number of carbonyl (C=O) groups is 2. The molecule has 8 heteroatoms. The molecule has 6 nitrogen and oxygen atoms in total. The summed E-state index contributed by atoms with van der Waals surface area (Å²) in [4.78, 5) is 23.2. The molecule has 0 bridgehead atoms. The Morgan fingerprint density at radius 3 is 2.36 bits per heavy atom. The molecular weight excluding hydrogens is 586 g/mol. The SMILES string of the molecule is Cc1ccc(NC(=O)/C(C#N)=C\c2cc(I)c(OCC(=O)O)c(I)c2)cc1C. The number of halogens is 2. The maximum absolute atomic E-state index is 12.5. The van der Waals surface area contributed by atoms with Gasteiger partial charge in [0.1, 0.15) is 17.4 Å². The van der Waals surface area contributed by atoms with Crippen LogP contribution in [0.3, 0.4) is 0 Å². The van der Waals surface area contributed by atoms with Gasteiger partial charge in [0.05, 0.1) is 7.14 Å². The number of amides is 1. The third kappa shape index (κ3) is 5.93. The zero-order valence-electron chi connectivity index (χ0n) is 15.0. The van der Waals surface area contributed by atoms with E-state index < -0.39 is 18.5 Å². The number of aliphatic carboxylic acids is 1. The van der Waals surface area contributed by atoms with Gasteiger partial charge in [0.2, 0.25) is 0 Å². The van der Waals surface area contributed by atoms with Gasteiger partial charge in [-0.25, -0.2) is 4.79 Å². The first-order valence-corrected chi connectivity index (χ1v) is 10.2. The molecular formula is C20H16I2N2O4. The van der Waals surface area contributed by atoms with Gasteiger partial charge < -0.3 is 15.2 Å². The summed E-state index contributed by atoms with van der Waals surface area (Å²) in [6.45, 7) is 3.49. The van der Waals surface area contributed by atoms with Crippen molar-refractivity contribution in [1.82, 2.24) is 0 Å². The summed E-state index contributed by atoms with van der Waals surface area (Å²) in [5, 5.41) is 20.9. The number of hydrogen-bond acceptors (Lipinski definition) is 4. The molecule has 28 heavy (non-hydrogen) atoms. The third-order valence-electron chi connectivity index (χ3n) is 3.80. The Morgan fingerprint density at radius 2 is 1.82 bits per heavy atom. The van der Waals surface area contributed by atoms with Crippen molar-refractivity contribution >= 4 is 68.8 Å². The van der Waals surface area contributed by atoms with Crippen molar-refractivity contribution in [2.75, 3.05) is 11.9 Å². The van der Waals surface area contributed by atoms with E-state index in [-0.39, 0.29) is 5.57 Å². The molecule has 0 radical (unpaired) electrons. The van der Waals surface area contributed by atoms with E-state index in [1.807, 2.05) is 77.2 Å². The predicted octanol–water partition coefficient (Wildman–Crippen LogP) is 4.52. The lowest BCUT2D eigenvalue weighted by atomic mass is 10.1. The largest absolute Gasteiger partial charge is 0.480 e. The van der Waals surface area contributed by atoms with E-state index >= 15 is 0 Å². The minimum Gasteiger partial charge on any atom is -0.480 e. The summed E-state index contributed by atoms with van der Waals surface area (Å²) < 4.78 is 6.65. The second-order valence-corrected chi connectivity index (χ2v) is 8.24. The molecule has 0 aliphatic heterocycles. The fourth-order valence-corrected chi connectivity index (χ4v) is 4.40. The maximum Gasteiger partial charge on any atom is 0.341 e. The van der Waals surface area contributed by atoms with Crippen LogP contribution in [0.2, 0.25) is 0 Å². The molecule has 0 atom stereocenters. The van der Waals surface area contributed by atoms with Gasteiger partial charge >= 0.3 is 5.97 Å². The standard InChI is InChI=1S/C20H16I2N2O4/c1-11-3-4-15(5-12(11)2)24-20(27)14(9-23)6-13-7-16(21)19(17(22)8-13)28-10-18(25)26/h3-8H,10H2,1-2H3,(H,24,27)(H,25,26)/b14-6-. The lowest BCUT2D eigenvalue weighted by Crippen LogP contribution is -2.13. The highest BCUT2D eigenvalue weighted by Gasteiger charge is 2.13. The zero-order chi connectivity index (χ0) is 20.8. The fourth-order valence-electron chi connectivity index (χ4n) is 2.27. The highest BCUT2D eigenvalue weighted by Crippen LogP contribution is 2.30. The van der Waals surface area contributed by atoms with Gasteiger partial charge in [-0.05, 0) is 106 Å². The topological polar surface area (TPSA) is 99.4 Å². The third-order valence-corrected chi connectivity index (χ3v) is 5.40. The van der Waals surface area contributed by atoms with E-state index in [1.54, 1.807) is 18.2 Å². The molecule has 0 fully saturated rings. The van der Waals surface area contributed by atoms with Crippen LogP contribution in [0.4, 0.5) is 5.69 Å². The molecule has 0 saturated heterocycles. The molecule has 2 rings (SSSR count). The quantitative estimate of drug-likeness (QED) is 0.288. The van der Waals surface area contributed by atoms with Gasteiger partial charge in [0, 0.05) is 5.69 Å². The number of carboxylic acids is 1. The van der Waals surface area contributed by atoms with Gasteiger partial charge in [-0.3, -0.25) is 4.79 Å². The summed E-state index contributed by atoms with van der Waals surface area (Å²) in [5.41, 5.74) is 3.38. The molecule has 0 unspecified atom stereocenters. The van der Waals surface area contributed by atoms with Gasteiger partial charge in [0.15, 0.2) is 6.61 Å². The number of anilines is 1. The number of carbonyl (C=O) groups excluding carboxylic acids is 1. The average molecular weight is 602 g/mol. The Balaban J connectivity index is 2.25. The van der Waals surface area contributed by atoms with Crippen LogP contribution in [0.5, 0.6) is 5.75 Å². The number of nitrogens with one attached hydrogen (secondary N) is 1. The van der Waals surface area contributed by atoms with E-state index in [0.29, 0.717) is 24.1 Å². The first kappa shape index (κ1) is 22.2. The Bertz CT molecular complexity index is 987. The molecule has 2 aromatic rings. The summed E-state index contributed by atoms with van der Waals surface area (Å²) in [6, 6.07) is 10.9. The van der Waals surface area contributed by atoms with Crippen molar-refractivity contribution in [3.63, 3.8) is 0 Å². The number of rotatable bonds is 6. The minimum atomic E-state index is -1.06. The van der Waals surface area contributed by atoms with Crippen LogP contribution in [-0.4, -0.2) is 23.6 Å². The van der Waals surface area contributed by atoms with Crippen LogP contribution < -0.4 is 10.1 Å². The average Bonchev–Trinajstić information content (AvgIpc) is 2.61. The first-order chi connectivity index (χ1) is 13.2. The highest BCUT2D eigenvalue weighted by molar-refractivity contribution is 14.1. The van der Waals surface area contributed by atoms with Gasteiger partial charge in [-0.15, -0.1) is 0 Å². The molecule has 0 aromatic heterocycles. The van der Waals surface area contributed by atoms with Crippen molar-refractivity contribution < 1.29 is 19.4 Å². The number of ether oxygens (including phenoxy) is 1. The molecule has 0 aliphatic carbocycles. The van der Waals surface area contributed by atoms with E-state index in [1.165, 1.54) is 6.08 Å². The lowest BCUT2D eigenvalue weighted by molar-refractivity contribution is -0.139. The highest BCUT2D eigenvalue weighted by atomic mass is 127. The van der Waals surface area contributed by atoms with Crippen LogP contribution in [0, 0.1) is 32.3 Å². The number of carboxylic acid groups (broad SMARTS) is 1. The minimum absolute atomic E-state index is 0.0379. The fraction of sp³-hybridized carbons (Fsp3) is 0.150. The normalized spacial score (nSPS) is 10.9. The van der Waals surface area contributed by atoms with Crippen molar-refractivity contribution in [1.29, 1.82) is 5.26 Å². The number of benzene rings is 2. The van der Waals surface area contributed by atoms with Crippen LogP contribution >= 0.6 is 45.2 Å². The van der Waals surface area contributed by atoms with E-state index in [9.17, 15) is 14.9 Å². The summed E-state index contributed by atoms with van der Waals surface area (Å²) in [7, 11) is 0. The monoisotopic (exact) mass is 602 g/mol. The molecule has 144 valence electrons. The van der Waals surface area contributed by atoms with Crippen LogP contribution in [0.25, 0.3) is 6.08 Å². The summed E-state index contributed by atoms with van der Waals surface area (Å²) in [5.74, 6) is -1.11. The second-order valence-electron chi connectivity index (χ2n) is 5.92. The first-order valence-electron chi connectivity index (χ1n) is 8.05. The van der Waals surface area contributed by atoms with E-state index in [2.05, 4.69) is 5.32 Å². The number of nitrogens with zero attached hydrogens (tertiary/aromatic N) is 1. The molecule has 2 N–H and O–H groups in total.